The molecule has 208 valence electrons. The summed E-state index contributed by atoms with van der Waals surface area (Å²) >= 11 is 1.48. The number of nitrogens with one attached hydrogen (secondary N) is 1. The van der Waals surface area contributed by atoms with E-state index in [0.717, 1.165) is 25.7 Å². The van der Waals surface area contributed by atoms with E-state index in [1.54, 1.807) is 0 Å². The molecule has 1 fully saturated rings. The molecule has 0 aromatic heterocycles. The zero-order valence-electron chi connectivity index (χ0n) is 21.8. The van der Waals surface area contributed by atoms with Crippen LogP contribution in [0.5, 0.6) is 0 Å². The molecule has 0 saturated heterocycles. The topological polar surface area (TPSA) is 139 Å². The van der Waals surface area contributed by atoms with Crippen molar-refractivity contribution in [1.29, 1.82) is 0 Å². The van der Waals surface area contributed by atoms with Crippen molar-refractivity contribution >= 4 is 23.5 Å². The SMILES string of the molecule is CCCCCCCC(=O)CC[C@@H]1[C@@H](C/C=C\CCCC(=O)NCCSCCO[N+](=O)[O-])[C@@H](O)C[C@H]1O. The smallest absolute Gasteiger partial charge is 0.294 e. The van der Waals surface area contributed by atoms with E-state index >= 15 is 0 Å². The van der Waals surface area contributed by atoms with Gasteiger partial charge in [-0.25, -0.2) is 0 Å². The van der Waals surface area contributed by atoms with E-state index in [4.69, 9.17) is 0 Å². The fraction of sp³-hybridized carbons (Fsp3) is 0.846. The maximum absolute atomic E-state index is 12.2. The lowest BCUT2D eigenvalue weighted by Crippen LogP contribution is -2.25. The first-order valence-electron chi connectivity index (χ1n) is 13.5. The van der Waals surface area contributed by atoms with Gasteiger partial charge in [0, 0.05) is 37.3 Å². The minimum absolute atomic E-state index is 0.0185. The third-order valence-electron chi connectivity index (χ3n) is 6.68. The number of carbonyl (C=O) groups is 2. The Kier molecular flexibility index (Phi) is 18.4. The molecule has 1 aliphatic carbocycles. The van der Waals surface area contributed by atoms with Crippen LogP contribution in [0.3, 0.4) is 0 Å². The zero-order valence-corrected chi connectivity index (χ0v) is 22.6. The van der Waals surface area contributed by atoms with Gasteiger partial charge < -0.3 is 20.4 Å². The van der Waals surface area contributed by atoms with Crippen molar-refractivity contribution < 1.29 is 29.7 Å². The number of Topliss-reactive ketones (excluding diaryl/α,β-unsaturated/α-hetero) is 1. The molecule has 0 radical (unpaired) electrons. The number of ketones is 1. The molecule has 1 amide bonds. The number of nitrogens with zero attached hydrogens (tertiary/aromatic N) is 1. The summed E-state index contributed by atoms with van der Waals surface area (Å²) in [6.45, 7) is 2.74. The minimum Gasteiger partial charge on any atom is -0.393 e. The number of carbonyl (C=O) groups excluding carboxylic acids is 2. The Bertz CT molecular complexity index is 662. The van der Waals surface area contributed by atoms with Gasteiger partial charge >= 0.3 is 0 Å². The van der Waals surface area contributed by atoms with E-state index in [1.807, 2.05) is 12.2 Å². The van der Waals surface area contributed by atoms with E-state index in [1.165, 1.54) is 31.0 Å². The molecule has 1 rings (SSSR count). The Labute approximate surface area is 219 Å². The van der Waals surface area contributed by atoms with E-state index in [2.05, 4.69) is 17.1 Å². The molecule has 0 unspecified atom stereocenters. The van der Waals surface area contributed by atoms with Crippen molar-refractivity contribution in [2.45, 2.75) is 103 Å². The second kappa shape index (κ2) is 20.4. The first kappa shape index (κ1) is 32.4. The molecule has 1 aliphatic rings. The fourth-order valence-electron chi connectivity index (χ4n) is 4.66. The predicted molar refractivity (Wildman–Crippen MR) is 142 cm³/mol. The van der Waals surface area contributed by atoms with Crippen molar-refractivity contribution in [2.24, 2.45) is 11.8 Å². The third-order valence-corrected chi connectivity index (χ3v) is 7.63. The Morgan fingerprint density at radius 3 is 2.53 bits per heavy atom. The first-order valence-corrected chi connectivity index (χ1v) is 14.6. The van der Waals surface area contributed by atoms with E-state index in [0.29, 0.717) is 56.6 Å². The van der Waals surface area contributed by atoms with Crippen molar-refractivity contribution in [3.63, 3.8) is 0 Å². The maximum Gasteiger partial charge on any atom is 0.294 e. The predicted octanol–water partition coefficient (Wildman–Crippen LogP) is 4.23. The standard InChI is InChI=1S/C26H46N2O7S/c1-2-3-4-5-8-11-21(29)14-15-23-22(24(30)20-25(23)31)12-9-6-7-10-13-26(32)27-16-18-36-19-17-35-28(33)34/h6,9,22-25,30-31H,2-5,7-8,10-20H2,1H3,(H,27,32)/b9-6-/t22-,23-,24+,25-/m1/s1. The monoisotopic (exact) mass is 530 g/mol. The normalized spacial score (nSPS) is 21.6. The maximum atomic E-state index is 12.2. The van der Waals surface area contributed by atoms with Gasteiger partial charge in [0.15, 0.2) is 0 Å². The highest BCUT2D eigenvalue weighted by molar-refractivity contribution is 7.99. The van der Waals surface area contributed by atoms with Gasteiger partial charge in [0.05, 0.1) is 12.2 Å². The molecule has 0 spiro atoms. The lowest BCUT2D eigenvalue weighted by atomic mass is 9.86. The van der Waals surface area contributed by atoms with Crippen LogP contribution in [0.15, 0.2) is 12.2 Å². The Balaban J connectivity index is 2.17. The van der Waals surface area contributed by atoms with Crippen LogP contribution in [0.25, 0.3) is 0 Å². The summed E-state index contributed by atoms with van der Waals surface area (Å²) in [5.41, 5.74) is 0. The average molecular weight is 531 g/mol. The van der Waals surface area contributed by atoms with Crippen LogP contribution >= 0.6 is 11.8 Å². The van der Waals surface area contributed by atoms with Gasteiger partial charge in [-0.1, -0.05) is 44.8 Å². The lowest BCUT2D eigenvalue weighted by molar-refractivity contribution is -0.756. The molecule has 0 aliphatic heterocycles. The number of rotatable bonds is 22. The second-order valence-electron chi connectivity index (χ2n) is 9.56. The highest BCUT2D eigenvalue weighted by Gasteiger charge is 2.40. The molecule has 0 aromatic rings. The van der Waals surface area contributed by atoms with Gasteiger partial charge in [0.2, 0.25) is 5.91 Å². The van der Waals surface area contributed by atoms with Gasteiger partial charge in [-0.05, 0) is 50.4 Å². The molecule has 0 bridgehead atoms. The molecular formula is C26H46N2O7S. The summed E-state index contributed by atoms with van der Waals surface area (Å²) < 4.78 is 0. The molecule has 10 heteroatoms. The summed E-state index contributed by atoms with van der Waals surface area (Å²) in [4.78, 5) is 38.4. The van der Waals surface area contributed by atoms with Gasteiger partial charge in [0.1, 0.15) is 12.4 Å². The molecule has 36 heavy (non-hydrogen) atoms. The number of thioether (sulfide) groups is 1. The Morgan fingerprint density at radius 1 is 1.03 bits per heavy atom. The number of allylic oxidation sites excluding steroid dienone is 2. The molecular weight excluding hydrogens is 484 g/mol. The van der Waals surface area contributed by atoms with Crippen LogP contribution in [0.1, 0.15) is 90.4 Å². The number of hydrogen-bond acceptors (Lipinski definition) is 8. The Hall–Kier alpha value is -1.65. The average Bonchev–Trinajstić information content (AvgIpc) is 3.10. The molecule has 0 aromatic carbocycles. The van der Waals surface area contributed by atoms with Gasteiger partial charge in [-0.3, -0.25) is 9.59 Å². The number of hydrogen-bond donors (Lipinski definition) is 3. The zero-order chi connectivity index (χ0) is 26.6. The highest BCUT2D eigenvalue weighted by Crippen LogP contribution is 2.38. The summed E-state index contributed by atoms with van der Waals surface area (Å²) in [5, 5.41) is 32.8. The van der Waals surface area contributed by atoms with Crippen molar-refractivity contribution in [3.05, 3.63) is 22.3 Å². The molecule has 1 saturated carbocycles. The summed E-state index contributed by atoms with van der Waals surface area (Å²) in [5.74, 6) is 1.33. The lowest BCUT2D eigenvalue weighted by Gasteiger charge is -2.22. The molecule has 4 atom stereocenters. The van der Waals surface area contributed by atoms with Crippen molar-refractivity contribution in [2.75, 3.05) is 24.7 Å². The number of amides is 1. The second-order valence-corrected chi connectivity index (χ2v) is 10.8. The third kappa shape index (κ3) is 15.5. The van der Waals surface area contributed by atoms with Crippen LogP contribution < -0.4 is 5.32 Å². The van der Waals surface area contributed by atoms with E-state index in [9.17, 15) is 29.9 Å². The Morgan fingerprint density at radius 2 is 1.78 bits per heavy atom. The number of aliphatic hydroxyl groups excluding tert-OH is 2. The van der Waals surface area contributed by atoms with E-state index < -0.39 is 17.3 Å². The summed E-state index contributed by atoms with van der Waals surface area (Å²) in [6, 6.07) is 0. The van der Waals surface area contributed by atoms with Crippen LogP contribution in [0.2, 0.25) is 0 Å². The van der Waals surface area contributed by atoms with Crippen LogP contribution in [0.4, 0.5) is 0 Å². The molecule has 9 nitrogen and oxygen atoms in total. The largest absolute Gasteiger partial charge is 0.393 e. The van der Waals surface area contributed by atoms with Crippen LogP contribution in [0, 0.1) is 22.0 Å². The van der Waals surface area contributed by atoms with Gasteiger partial charge in [0.25, 0.3) is 5.09 Å². The number of unbranched alkanes of at least 4 members (excludes halogenated alkanes) is 5. The highest BCUT2D eigenvalue weighted by atomic mass is 32.2. The molecule has 3 N–H and O–H groups in total. The fourth-order valence-corrected chi connectivity index (χ4v) is 5.30. The van der Waals surface area contributed by atoms with E-state index in [-0.39, 0.29) is 30.1 Å². The quantitative estimate of drug-likeness (QED) is 0.0818. The van der Waals surface area contributed by atoms with Gasteiger partial charge in [-0.2, -0.15) is 11.8 Å². The summed E-state index contributed by atoms with van der Waals surface area (Å²) in [7, 11) is 0. The summed E-state index contributed by atoms with van der Waals surface area (Å²) in [6.07, 6.45) is 13.2. The minimum atomic E-state index is -0.811. The van der Waals surface area contributed by atoms with Crippen molar-refractivity contribution in [1.82, 2.24) is 5.32 Å². The van der Waals surface area contributed by atoms with Crippen molar-refractivity contribution in [3.8, 4) is 0 Å². The number of aliphatic hydroxyl groups is 2. The van der Waals surface area contributed by atoms with Gasteiger partial charge in [-0.15, -0.1) is 10.1 Å². The first-order chi connectivity index (χ1) is 17.3. The van der Waals surface area contributed by atoms with Crippen LogP contribution in [-0.4, -0.2) is 63.9 Å². The molecule has 0 heterocycles. The van der Waals surface area contributed by atoms with Crippen LogP contribution in [-0.2, 0) is 14.4 Å².